The Morgan fingerprint density at radius 2 is 1.79 bits per heavy atom. The van der Waals surface area contributed by atoms with Crippen molar-refractivity contribution in [2.45, 2.75) is 71.4 Å². The van der Waals surface area contributed by atoms with Gasteiger partial charge < -0.3 is 9.72 Å². The molecule has 0 amide bonds. The maximum Gasteiger partial charge on any atom is 0.253 e. The van der Waals surface area contributed by atoms with Crippen molar-refractivity contribution < 1.29 is 4.74 Å². The normalized spacial score (nSPS) is 18.4. The lowest BCUT2D eigenvalue weighted by molar-refractivity contribution is 0.0340. The lowest BCUT2D eigenvalue weighted by Gasteiger charge is -2.47. The van der Waals surface area contributed by atoms with Crippen LogP contribution in [0.5, 0.6) is 5.75 Å². The molecule has 1 saturated heterocycles. The van der Waals surface area contributed by atoms with Crippen LogP contribution in [0, 0.1) is 19.3 Å². The second-order valence-electron chi connectivity index (χ2n) is 11.7. The van der Waals surface area contributed by atoms with Crippen molar-refractivity contribution in [2.75, 3.05) is 20.2 Å². The number of H-pyrrole nitrogens is 1. The molecule has 8 nitrogen and oxygen atoms in total. The van der Waals surface area contributed by atoms with Gasteiger partial charge in [0.25, 0.3) is 5.56 Å². The van der Waals surface area contributed by atoms with Crippen LogP contribution in [0.3, 0.4) is 0 Å². The highest BCUT2D eigenvalue weighted by Gasteiger charge is 2.41. The standard InChI is InChI=1S/C31H38N6O2/c1-21-16-22(2)27-24(17-21)18-26(30(38)32-27)28(36-15-7-14-31(20-36)12-5-4-6-13-31)29-33-34-35-37(29)19-23-8-10-25(39-3)11-9-23/h8-11,16-18,28H,4-7,12-15,19-20H2,1-3H3,(H,32,38). The minimum Gasteiger partial charge on any atom is -0.497 e. The number of likely N-dealkylation sites (tertiary alicyclic amines) is 1. The minimum absolute atomic E-state index is 0.0679. The molecule has 2 aromatic carbocycles. The Bertz CT molecular complexity index is 1510. The number of aromatic amines is 1. The summed E-state index contributed by atoms with van der Waals surface area (Å²) in [7, 11) is 1.67. The lowest BCUT2D eigenvalue weighted by atomic mass is 9.69. The molecular weight excluding hydrogens is 488 g/mol. The summed E-state index contributed by atoms with van der Waals surface area (Å²) in [6, 6.07) is 14.0. The van der Waals surface area contributed by atoms with E-state index in [-0.39, 0.29) is 11.6 Å². The van der Waals surface area contributed by atoms with Gasteiger partial charge in [0, 0.05) is 12.1 Å². The molecule has 1 unspecified atom stereocenters. The van der Waals surface area contributed by atoms with Gasteiger partial charge in [0.15, 0.2) is 5.82 Å². The average Bonchev–Trinajstić information content (AvgIpc) is 3.38. The number of hydrogen-bond donors (Lipinski definition) is 1. The van der Waals surface area contributed by atoms with E-state index in [1.807, 2.05) is 28.9 Å². The van der Waals surface area contributed by atoms with Gasteiger partial charge >= 0.3 is 0 Å². The van der Waals surface area contributed by atoms with E-state index < -0.39 is 0 Å². The fraction of sp³-hybridized carbons (Fsp3) is 0.484. The summed E-state index contributed by atoms with van der Waals surface area (Å²) >= 11 is 0. The van der Waals surface area contributed by atoms with E-state index in [9.17, 15) is 4.79 Å². The molecule has 1 N–H and O–H groups in total. The number of benzene rings is 2. The third-order valence-electron chi connectivity index (χ3n) is 8.88. The number of nitrogens with one attached hydrogen (secondary N) is 1. The van der Waals surface area contributed by atoms with E-state index in [1.54, 1.807) is 7.11 Å². The first-order valence-corrected chi connectivity index (χ1v) is 14.2. The highest BCUT2D eigenvalue weighted by Crippen LogP contribution is 2.45. The van der Waals surface area contributed by atoms with Crippen LogP contribution in [0.2, 0.25) is 0 Å². The first-order chi connectivity index (χ1) is 18.9. The summed E-state index contributed by atoms with van der Waals surface area (Å²) in [5.74, 6) is 1.53. The first kappa shape index (κ1) is 25.7. The maximum absolute atomic E-state index is 13.8. The predicted octanol–water partition coefficient (Wildman–Crippen LogP) is 5.32. The van der Waals surface area contributed by atoms with Gasteiger partial charge in [-0.05, 0) is 103 Å². The highest BCUT2D eigenvalue weighted by molar-refractivity contribution is 5.83. The second-order valence-corrected chi connectivity index (χ2v) is 11.7. The molecular formula is C31H38N6O2. The molecule has 1 aliphatic heterocycles. The number of aryl methyl sites for hydroxylation is 2. The number of hydrogen-bond acceptors (Lipinski definition) is 6. The Hall–Kier alpha value is -3.52. The summed E-state index contributed by atoms with van der Waals surface area (Å²) < 4.78 is 7.19. The number of nitrogens with zero attached hydrogens (tertiary/aromatic N) is 5. The number of rotatable bonds is 6. The van der Waals surface area contributed by atoms with E-state index in [0.29, 0.717) is 23.3 Å². The first-order valence-electron chi connectivity index (χ1n) is 14.2. The Balaban J connectivity index is 1.45. The molecule has 2 aliphatic rings. The number of piperidine rings is 1. The number of pyridine rings is 1. The van der Waals surface area contributed by atoms with Crippen LogP contribution in [-0.4, -0.2) is 50.3 Å². The summed E-state index contributed by atoms with van der Waals surface area (Å²) in [6.45, 7) is 6.56. The van der Waals surface area contributed by atoms with E-state index in [0.717, 1.165) is 47.3 Å². The molecule has 39 heavy (non-hydrogen) atoms. The van der Waals surface area contributed by atoms with Crippen molar-refractivity contribution in [1.29, 1.82) is 0 Å². The van der Waals surface area contributed by atoms with Gasteiger partial charge in [-0.15, -0.1) is 5.10 Å². The zero-order valence-corrected chi connectivity index (χ0v) is 23.2. The van der Waals surface area contributed by atoms with Crippen LogP contribution >= 0.6 is 0 Å². The molecule has 3 heterocycles. The summed E-state index contributed by atoms with van der Waals surface area (Å²) in [4.78, 5) is 19.5. The van der Waals surface area contributed by atoms with Crippen LogP contribution < -0.4 is 10.3 Å². The SMILES string of the molecule is COc1ccc(Cn2nnnc2C(c2cc3cc(C)cc(C)c3[nH]c2=O)N2CCCC3(CCCCC3)C2)cc1. The minimum atomic E-state index is -0.327. The van der Waals surface area contributed by atoms with Crippen LogP contribution in [0.25, 0.3) is 10.9 Å². The molecule has 1 aliphatic carbocycles. The Kier molecular flexibility index (Phi) is 6.97. The van der Waals surface area contributed by atoms with Crippen LogP contribution in [0.15, 0.2) is 47.3 Å². The van der Waals surface area contributed by atoms with Crippen LogP contribution in [0.4, 0.5) is 0 Å². The van der Waals surface area contributed by atoms with Crippen molar-refractivity contribution in [3.63, 3.8) is 0 Å². The van der Waals surface area contributed by atoms with E-state index >= 15 is 0 Å². The number of aromatic nitrogens is 5. The molecule has 2 fully saturated rings. The van der Waals surface area contributed by atoms with Gasteiger partial charge in [-0.2, -0.15) is 0 Å². The van der Waals surface area contributed by atoms with Crippen molar-refractivity contribution in [3.05, 3.63) is 80.9 Å². The zero-order valence-electron chi connectivity index (χ0n) is 23.2. The third kappa shape index (κ3) is 5.10. The highest BCUT2D eigenvalue weighted by atomic mass is 16.5. The molecule has 0 bridgehead atoms. The van der Waals surface area contributed by atoms with Crippen LogP contribution in [0.1, 0.15) is 79.1 Å². The van der Waals surface area contributed by atoms with Crippen LogP contribution in [-0.2, 0) is 6.54 Å². The monoisotopic (exact) mass is 526 g/mol. The van der Waals surface area contributed by atoms with Gasteiger partial charge in [-0.1, -0.05) is 43.0 Å². The fourth-order valence-corrected chi connectivity index (χ4v) is 7.01. The Labute approximate surface area is 229 Å². The van der Waals surface area contributed by atoms with Crippen molar-refractivity contribution >= 4 is 10.9 Å². The average molecular weight is 527 g/mol. The van der Waals surface area contributed by atoms with Gasteiger partial charge in [-0.25, -0.2) is 4.68 Å². The molecule has 6 rings (SSSR count). The smallest absolute Gasteiger partial charge is 0.253 e. The molecule has 2 aromatic heterocycles. The molecule has 1 spiro atoms. The summed E-state index contributed by atoms with van der Waals surface area (Å²) in [6.07, 6.45) is 8.83. The third-order valence-corrected chi connectivity index (χ3v) is 8.88. The van der Waals surface area contributed by atoms with E-state index in [1.165, 1.54) is 44.1 Å². The number of methoxy groups -OCH3 is 1. The van der Waals surface area contributed by atoms with Gasteiger partial charge in [0.05, 0.1) is 19.2 Å². The van der Waals surface area contributed by atoms with Gasteiger partial charge in [0.1, 0.15) is 11.8 Å². The Morgan fingerprint density at radius 1 is 1.03 bits per heavy atom. The molecule has 0 radical (unpaired) electrons. The quantitative estimate of drug-likeness (QED) is 0.366. The predicted molar refractivity (Wildman–Crippen MR) is 152 cm³/mol. The molecule has 1 saturated carbocycles. The lowest BCUT2D eigenvalue weighted by Crippen LogP contribution is -2.47. The summed E-state index contributed by atoms with van der Waals surface area (Å²) in [5, 5.41) is 14.1. The summed E-state index contributed by atoms with van der Waals surface area (Å²) in [5.41, 5.74) is 5.19. The number of tetrazole rings is 1. The Morgan fingerprint density at radius 3 is 2.56 bits per heavy atom. The molecule has 8 heteroatoms. The molecule has 204 valence electrons. The van der Waals surface area contributed by atoms with Gasteiger partial charge in [0.2, 0.25) is 0 Å². The fourth-order valence-electron chi connectivity index (χ4n) is 7.01. The largest absolute Gasteiger partial charge is 0.497 e. The second kappa shape index (κ2) is 10.6. The van der Waals surface area contributed by atoms with Crippen molar-refractivity contribution in [3.8, 4) is 5.75 Å². The van der Waals surface area contributed by atoms with E-state index in [2.05, 4.69) is 57.5 Å². The van der Waals surface area contributed by atoms with E-state index in [4.69, 9.17) is 4.74 Å². The number of fused-ring (bicyclic) bond motifs is 1. The maximum atomic E-state index is 13.8. The number of ether oxygens (including phenoxy) is 1. The zero-order chi connectivity index (χ0) is 27.0. The molecule has 4 aromatic rings. The van der Waals surface area contributed by atoms with Crippen molar-refractivity contribution in [1.82, 2.24) is 30.1 Å². The molecule has 1 atom stereocenters. The van der Waals surface area contributed by atoms with Crippen molar-refractivity contribution in [2.24, 2.45) is 5.41 Å². The topological polar surface area (TPSA) is 88.9 Å². The van der Waals surface area contributed by atoms with Gasteiger partial charge in [-0.3, -0.25) is 9.69 Å².